The molecule has 0 aliphatic heterocycles. The summed E-state index contributed by atoms with van der Waals surface area (Å²) in [5.41, 5.74) is 17.4. The molecule has 36 heavy (non-hydrogen) atoms. The van der Waals surface area contributed by atoms with Crippen molar-refractivity contribution in [2.75, 3.05) is 16.8 Å². The summed E-state index contributed by atoms with van der Waals surface area (Å²) in [6.07, 6.45) is 0.893. The van der Waals surface area contributed by atoms with Crippen LogP contribution in [0.3, 0.4) is 0 Å². The summed E-state index contributed by atoms with van der Waals surface area (Å²) in [7, 11) is 0. The van der Waals surface area contributed by atoms with Gasteiger partial charge in [0.05, 0.1) is 11.4 Å². The van der Waals surface area contributed by atoms with E-state index in [9.17, 15) is 10.1 Å². The molecule has 0 spiro atoms. The van der Waals surface area contributed by atoms with E-state index in [0.29, 0.717) is 25.8 Å². The largest absolute Gasteiger partial charge is 0.397 e. The van der Waals surface area contributed by atoms with Gasteiger partial charge in [-0.3, -0.25) is 10.1 Å². The van der Waals surface area contributed by atoms with E-state index < -0.39 is 5.91 Å². The first kappa shape index (κ1) is 23.9. The maximum atomic E-state index is 13.2. The van der Waals surface area contributed by atoms with Crippen molar-refractivity contribution in [1.82, 2.24) is 9.97 Å². The number of aromatic nitrogens is 2. The molecule has 0 aliphatic carbocycles. The number of pyridine rings is 1. The molecule has 0 fully saturated rings. The van der Waals surface area contributed by atoms with Crippen LogP contribution in [0.1, 0.15) is 27.7 Å². The number of amides is 1. The van der Waals surface area contributed by atoms with Crippen LogP contribution in [0.4, 0.5) is 16.6 Å². The van der Waals surface area contributed by atoms with Gasteiger partial charge in [-0.15, -0.1) is 22.7 Å². The van der Waals surface area contributed by atoms with Crippen molar-refractivity contribution in [3.05, 3.63) is 74.4 Å². The number of fused-ring (bicyclic) bond motifs is 1. The van der Waals surface area contributed by atoms with Crippen LogP contribution in [0.25, 0.3) is 32.6 Å². The highest BCUT2D eigenvalue weighted by Gasteiger charge is 2.25. The van der Waals surface area contributed by atoms with Gasteiger partial charge < -0.3 is 11.5 Å². The Bertz CT molecular complexity index is 1650. The maximum Gasteiger partial charge on any atom is 0.269 e. The quantitative estimate of drug-likeness (QED) is 0.214. The molecule has 0 saturated carbocycles. The predicted octanol–water partition coefficient (Wildman–Crippen LogP) is 6.70. The summed E-state index contributed by atoms with van der Waals surface area (Å²) in [4.78, 5) is 22.9. The van der Waals surface area contributed by atoms with Crippen LogP contribution in [-0.2, 0) is 6.42 Å². The van der Waals surface area contributed by atoms with Gasteiger partial charge in [0, 0.05) is 26.4 Å². The topological polar surface area (TPSA) is 131 Å². The molecular formula is C26H19BrN6OS2. The molecule has 3 heterocycles. The number of rotatable bonds is 5. The fourth-order valence-electron chi connectivity index (χ4n) is 3.89. The number of anilines is 3. The van der Waals surface area contributed by atoms with Gasteiger partial charge in [0.2, 0.25) is 0 Å². The summed E-state index contributed by atoms with van der Waals surface area (Å²) in [6, 6.07) is 17.8. The third-order valence-electron chi connectivity index (χ3n) is 5.74. The average Bonchev–Trinajstić information content (AvgIpc) is 3.48. The zero-order valence-corrected chi connectivity index (χ0v) is 22.2. The molecule has 7 nitrogen and oxygen atoms in total. The summed E-state index contributed by atoms with van der Waals surface area (Å²) in [6.45, 7) is 2.07. The van der Waals surface area contributed by atoms with E-state index in [1.165, 1.54) is 16.9 Å². The number of benzene rings is 2. The molecule has 0 bridgehead atoms. The van der Waals surface area contributed by atoms with Gasteiger partial charge in [-0.05, 0) is 29.7 Å². The SMILES string of the molecule is CCc1ccc(-c2c(C#N)c(N)nc3sc(C(=O)Nc4nc(-c5ccc(Br)cc5)cs4)c(N)c23)cc1. The average molecular weight is 576 g/mol. The molecule has 0 aliphatic rings. The van der Waals surface area contributed by atoms with Gasteiger partial charge in [-0.25, -0.2) is 9.97 Å². The smallest absolute Gasteiger partial charge is 0.269 e. The van der Waals surface area contributed by atoms with Crippen molar-refractivity contribution in [3.8, 4) is 28.5 Å². The lowest BCUT2D eigenvalue weighted by Gasteiger charge is -2.10. The molecule has 0 saturated heterocycles. The molecule has 5 N–H and O–H groups in total. The van der Waals surface area contributed by atoms with Gasteiger partial charge in [-0.1, -0.05) is 59.3 Å². The van der Waals surface area contributed by atoms with E-state index in [1.807, 2.05) is 53.9 Å². The number of nitrogens with two attached hydrogens (primary N) is 2. The molecular weight excluding hydrogens is 556 g/mol. The number of halogens is 1. The molecule has 5 aromatic rings. The lowest BCUT2D eigenvalue weighted by atomic mass is 9.96. The summed E-state index contributed by atoms with van der Waals surface area (Å²) in [5.74, 6) is -0.289. The number of nitrogens with zero attached hydrogens (tertiary/aromatic N) is 3. The first-order valence-electron chi connectivity index (χ1n) is 10.9. The zero-order chi connectivity index (χ0) is 25.4. The minimum atomic E-state index is -0.392. The Labute approximate surface area is 223 Å². The first-order valence-corrected chi connectivity index (χ1v) is 13.4. The van der Waals surface area contributed by atoms with Gasteiger partial charge in [0.1, 0.15) is 27.2 Å². The molecule has 5 rings (SSSR count). The van der Waals surface area contributed by atoms with Crippen LogP contribution < -0.4 is 16.8 Å². The van der Waals surface area contributed by atoms with E-state index in [0.717, 1.165) is 39.1 Å². The van der Waals surface area contributed by atoms with Gasteiger partial charge in [0.15, 0.2) is 5.13 Å². The Kier molecular flexibility index (Phi) is 6.45. The fourth-order valence-corrected chi connectivity index (χ4v) is 5.87. The number of carbonyl (C=O) groups excluding carboxylic acids is 1. The first-order chi connectivity index (χ1) is 17.4. The highest BCUT2D eigenvalue weighted by molar-refractivity contribution is 9.10. The van der Waals surface area contributed by atoms with Gasteiger partial charge >= 0.3 is 0 Å². The van der Waals surface area contributed by atoms with Crippen molar-refractivity contribution in [3.63, 3.8) is 0 Å². The van der Waals surface area contributed by atoms with Crippen LogP contribution >= 0.6 is 38.6 Å². The zero-order valence-electron chi connectivity index (χ0n) is 19.0. The van der Waals surface area contributed by atoms with Crippen LogP contribution in [0.5, 0.6) is 0 Å². The Balaban J connectivity index is 1.54. The van der Waals surface area contributed by atoms with E-state index in [2.05, 4.69) is 44.2 Å². The van der Waals surface area contributed by atoms with E-state index >= 15 is 0 Å². The molecule has 2 aromatic carbocycles. The number of thiophene rings is 1. The third-order valence-corrected chi connectivity index (χ3v) is 8.12. The van der Waals surface area contributed by atoms with E-state index in [-0.39, 0.29) is 17.1 Å². The minimum Gasteiger partial charge on any atom is -0.397 e. The van der Waals surface area contributed by atoms with Crippen molar-refractivity contribution >= 4 is 71.4 Å². The lowest BCUT2D eigenvalue weighted by molar-refractivity contribution is 0.103. The molecule has 178 valence electrons. The second-order valence-electron chi connectivity index (χ2n) is 7.93. The van der Waals surface area contributed by atoms with E-state index in [4.69, 9.17) is 11.5 Å². The third kappa shape index (κ3) is 4.33. The van der Waals surface area contributed by atoms with Crippen LogP contribution in [0, 0.1) is 11.3 Å². The summed E-state index contributed by atoms with van der Waals surface area (Å²) in [5, 5.41) is 15.6. The standard InChI is InChI=1S/C26H19BrN6OS2/c1-2-13-3-5-15(6-4-13)19-17(11-28)23(30)32-25-20(19)21(29)22(36-25)24(34)33-26-31-18(12-35-26)14-7-9-16(27)10-8-14/h3-10,12H,2,29H2,1H3,(H2,30,32)(H,31,33,34). The highest BCUT2D eigenvalue weighted by atomic mass is 79.9. The number of hydrogen-bond donors (Lipinski definition) is 3. The fraction of sp³-hybridized carbons (Fsp3) is 0.0769. The Morgan fingerprint density at radius 2 is 1.78 bits per heavy atom. The maximum absolute atomic E-state index is 13.2. The van der Waals surface area contributed by atoms with Crippen LogP contribution in [0.2, 0.25) is 0 Å². The number of carbonyl (C=O) groups is 1. The van der Waals surface area contributed by atoms with Crippen molar-refractivity contribution < 1.29 is 4.79 Å². The van der Waals surface area contributed by atoms with Crippen molar-refractivity contribution in [2.45, 2.75) is 13.3 Å². The lowest BCUT2D eigenvalue weighted by Crippen LogP contribution is -2.11. The Hall–Kier alpha value is -3.78. The second-order valence-corrected chi connectivity index (χ2v) is 10.7. The van der Waals surface area contributed by atoms with Gasteiger partial charge in [0.25, 0.3) is 5.91 Å². The minimum absolute atomic E-state index is 0.104. The number of hydrogen-bond acceptors (Lipinski definition) is 8. The molecule has 1 amide bonds. The second kappa shape index (κ2) is 9.70. The number of nitriles is 1. The molecule has 10 heteroatoms. The number of thiazole rings is 1. The molecule has 0 atom stereocenters. The number of nitrogen functional groups attached to an aromatic ring is 2. The number of aryl methyl sites for hydroxylation is 1. The molecule has 0 radical (unpaired) electrons. The summed E-state index contributed by atoms with van der Waals surface area (Å²) >= 11 is 5.89. The Morgan fingerprint density at radius 3 is 2.44 bits per heavy atom. The molecule has 0 unspecified atom stereocenters. The van der Waals surface area contributed by atoms with Crippen LogP contribution in [0.15, 0.2) is 58.4 Å². The predicted molar refractivity (Wildman–Crippen MR) is 151 cm³/mol. The monoisotopic (exact) mass is 574 g/mol. The van der Waals surface area contributed by atoms with E-state index in [1.54, 1.807) is 0 Å². The van der Waals surface area contributed by atoms with Crippen molar-refractivity contribution in [1.29, 1.82) is 5.26 Å². The van der Waals surface area contributed by atoms with Crippen molar-refractivity contribution in [2.24, 2.45) is 0 Å². The van der Waals surface area contributed by atoms with Gasteiger partial charge in [-0.2, -0.15) is 5.26 Å². The van der Waals surface area contributed by atoms with Crippen LogP contribution in [-0.4, -0.2) is 15.9 Å². The molecule has 3 aromatic heterocycles. The Morgan fingerprint density at radius 1 is 1.08 bits per heavy atom. The highest BCUT2D eigenvalue weighted by Crippen LogP contribution is 2.43. The number of nitrogens with one attached hydrogen (secondary N) is 1. The summed E-state index contributed by atoms with van der Waals surface area (Å²) < 4.78 is 0.977. The normalized spacial score (nSPS) is 10.9.